The minimum atomic E-state index is 0.124. The van der Waals surface area contributed by atoms with E-state index in [0.29, 0.717) is 17.5 Å². The van der Waals surface area contributed by atoms with Gasteiger partial charge >= 0.3 is 0 Å². The molecule has 1 amide bonds. The molecule has 4 fully saturated rings. The number of aromatic nitrogens is 2. The van der Waals surface area contributed by atoms with E-state index in [1.54, 1.807) is 12.4 Å². The fourth-order valence-corrected chi connectivity index (χ4v) is 4.91. The average Bonchev–Trinajstić information content (AvgIpc) is 2.95. The predicted molar refractivity (Wildman–Crippen MR) is 101 cm³/mol. The van der Waals surface area contributed by atoms with Crippen LogP contribution in [0.25, 0.3) is 11.0 Å². The van der Waals surface area contributed by atoms with Crippen molar-refractivity contribution in [3.8, 4) is 0 Å². The smallest absolute Gasteiger partial charge is 0.256 e. The molecule has 0 N–H and O–H groups in total. The fourth-order valence-electron chi connectivity index (χ4n) is 4.91. The van der Waals surface area contributed by atoms with Crippen molar-refractivity contribution in [3.05, 3.63) is 36.2 Å². The van der Waals surface area contributed by atoms with Crippen LogP contribution in [0.2, 0.25) is 0 Å². The zero-order chi connectivity index (χ0) is 17.5. The summed E-state index contributed by atoms with van der Waals surface area (Å²) in [5, 5.41) is 0. The van der Waals surface area contributed by atoms with E-state index in [2.05, 4.69) is 19.8 Å². The molecule has 3 aliphatic heterocycles. The molecule has 136 valence electrons. The third-order valence-electron chi connectivity index (χ3n) is 6.56. The molecule has 2 atom stereocenters. The average molecular weight is 350 g/mol. The number of hydrogen-bond acceptors (Lipinski definition) is 4. The molecule has 5 heteroatoms. The van der Waals surface area contributed by atoms with E-state index >= 15 is 0 Å². The van der Waals surface area contributed by atoms with Crippen LogP contribution in [-0.2, 0) is 0 Å². The number of fused-ring (bicyclic) bond motifs is 5. The highest BCUT2D eigenvalue weighted by Gasteiger charge is 2.38. The minimum Gasteiger partial charge on any atom is -0.337 e. The van der Waals surface area contributed by atoms with Gasteiger partial charge in [0.1, 0.15) is 5.52 Å². The van der Waals surface area contributed by atoms with E-state index in [1.165, 1.54) is 45.2 Å². The van der Waals surface area contributed by atoms with Gasteiger partial charge in [-0.1, -0.05) is 12.5 Å². The van der Waals surface area contributed by atoms with E-state index in [1.807, 2.05) is 18.2 Å². The number of rotatable bonds is 3. The SMILES string of the molecule is O=C(c1cccc2nccnc12)N1CC2CCC(C1)N(CC1CCC1)C2. The number of carbonyl (C=O) groups is 1. The first-order valence-electron chi connectivity index (χ1n) is 10.0. The Morgan fingerprint density at radius 2 is 1.92 bits per heavy atom. The van der Waals surface area contributed by atoms with Crippen molar-refractivity contribution in [2.24, 2.45) is 11.8 Å². The molecular formula is C21H26N4O. The number of amides is 1. The Kier molecular flexibility index (Phi) is 4.12. The molecule has 4 aliphatic rings. The van der Waals surface area contributed by atoms with Gasteiger partial charge in [0.25, 0.3) is 5.91 Å². The van der Waals surface area contributed by atoms with Gasteiger partial charge in [0.15, 0.2) is 0 Å². The zero-order valence-corrected chi connectivity index (χ0v) is 15.2. The van der Waals surface area contributed by atoms with Gasteiger partial charge < -0.3 is 4.90 Å². The lowest BCUT2D eigenvalue weighted by molar-refractivity contribution is 0.0718. The van der Waals surface area contributed by atoms with E-state index in [9.17, 15) is 4.79 Å². The van der Waals surface area contributed by atoms with Crippen molar-refractivity contribution in [2.45, 2.75) is 38.1 Å². The molecule has 1 saturated carbocycles. The number of hydrogen-bond donors (Lipinski definition) is 0. The van der Waals surface area contributed by atoms with Crippen molar-refractivity contribution in [2.75, 3.05) is 26.2 Å². The molecule has 0 spiro atoms. The first-order valence-corrected chi connectivity index (χ1v) is 10.0. The predicted octanol–water partition coefficient (Wildman–Crippen LogP) is 2.97. The van der Waals surface area contributed by atoms with Gasteiger partial charge in [-0.3, -0.25) is 19.7 Å². The first-order chi connectivity index (χ1) is 12.8. The molecule has 1 aliphatic carbocycles. The fraction of sp³-hybridized carbons (Fsp3) is 0.571. The van der Waals surface area contributed by atoms with Gasteiger partial charge in [0.2, 0.25) is 0 Å². The summed E-state index contributed by atoms with van der Waals surface area (Å²) in [6.45, 7) is 4.15. The number of benzene rings is 1. The van der Waals surface area contributed by atoms with E-state index in [4.69, 9.17) is 0 Å². The topological polar surface area (TPSA) is 49.3 Å². The van der Waals surface area contributed by atoms with Gasteiger partial charge in [-0.2, -0.15) is 0 Å². The maximum absolute atomic E-state index is 13.3. The highest BCUT2D eigenvalue weighted by atomic mass is 16.2. The Balaban J connectivity index is 1.39. The standard InChI is InChI=1S/C21H26N4O/c26-21(18-5-2-6-19-20(18)23-10-9-22-19)25-13-16-7-8-17(14-25)24(12-16)11-15-3-1-4-15/h2,5-6,9-10,15-17H,1,3-4,7-8,11-14H2. The number of nitrogens with zero attached hydrogens (tertiary/aromatic N) is 4. The van der Waals surface area contributed by atoms with Gasteiger partial charge in [-0.15, -0.1) is 0 Å². The zero-order valence-electron chi connectivity index (χ0n) is 15.2. The monoisotopic (exact) mass is 350 g/mol. The molecule has 2 aromatic rings. The highest BCUT2D eigenvalue weighted by molar-refractivity contribution is 6.04. The van der Waals surface area contributed by atoms with Crippen LogP contribution in [0.15, 0.2) is 30.6 Å². The van der Waals surface area contributed by atoms with Gasteiger partial charge in [-0.25, -0.2) is 0 Å². The lowest BCUT2D eigenvalue weighted by Gasteiger charge is -2.40. The van der Waals surface area contributed by atoms with Gasteiger partial charge in [0.05, 0.1) is 11.1 Å². The summed E-state index contributed by atoms with van der Waals surface area (Å²) in [7, 11) is 0. The molecule has 4 heterocycles. The van der Waals surface area contributed by atoms with Crippen LogP contribution < -0.4 is 0 Å². The molecule has 2 bridgehead atoms. The number of carbonyl (C=O) groups excluding carboxylic acids is 1. The lowest BCUT2D eigenvalue weighted by Crippen LogP contribution is -2.47. The molecule has 6 rings (SSSR count). The quantitative estimate of drug-likeness (QED) is 0.854. The Morgan fingerprint density at radius 1 is 1.04 bits per heavy atom. The Bertz CT molecular complexity index is 813. The Labute approximate surface area is 154 Å². The lowest BCUT2D eigenvalue weighted by atomic mass is 9.83. The van der Waals surface area contributed by atoms with Crippen molar-refractivity contribution >= 4 is 16.9 Å². The van der Waals surface area contributed by atoms with Crippen LogP contribution in [0.1, 0.15) is 42.5 Å². The van der Waals surface area contributed by atoms with E-state index in [-0.39, 0.29) is 5.91 Å². The normalized spacial score (nSPS) is 26.7. The molecule has 0 radical (unpaired) electrons. The second kappa shape index (κ2) is 6.62. The summed E-state index contributed by atoms with van der Waals surface area (Å²) < 4.78 is 0. The van der Waals surface area contributed by atoms with Crippen LogP contribution >= 0.6 is 0 Å². The maximum atomic E-state index is 13.3. The van der Waals surface area contributed by atoms with Crippen LogP contribution in [0.3, 0.4) is 0 Å². The summed E-state index contributed by atoms with van der Waals surface area (Å²) in [6.07, 6.45) is 10.0. The number of piperidine rings is 1. The van der Waals surface area contributed by atoms with E-state index in [0.717, 1.165) is 30.0 Å². The number of para-hydroxylation sites is 1. The summed E-state index contributed by atoms with van der Waals surface area (Å²) in [6, 6.07) is 6.27. The molecule has 3 saturated heterocycles. The highest BCUT2D eigenvalue weighted by Crippen LogP contribution is 2.33. The molecule has 1 aromatic carbocycles. The van der Waals surface area contributed by atoms with Gasteiger partial charge in [0, 0.05) is 44.6 Å². The third kappa shape index (κ3) is 2.88. The minimum absolute atomic E-state index is 0.124. The third-order valence-corrected chi connectivity index (χ3v) is 6.56. The maximum Gasteiger partial charge on any atom is 0.256 e. The summed E-state index contributed by atoms with van der Waals surface area (Å²) in [4.78, 5) is 26.9. The van der Waals surface area contributed by atoms with Crippen LogP contribution in [0.5, 0.6) is 0 Å². The van der Waals surface area contributed by atoms with Crippen molar-refractivity contribution in [1.82, 2.24) is 19.8 Å². The largest absolute Gasteiger partial charge is 0.337 e. The molecule has 1 aromatic heterocycles. The Morgan fingerprint density at radius 3 is 2.77 bits per heavy atom. The molecular weight excluding hydrogens is 324 g/mol. The summed E-state index contributed by atoms with van der Waals surface area (Å²) >= 11 is 0. The summed E-state index contributed by atoms with van der Waals surface area (Å²) in [5.74, 6) is 1.63. The molecule has 2 unspecified atom stereocenters. The molecule has 26 heavy (non-hydrogen) atoms. The van der Waals surface area contributed by atoms with E-state index < -0.39 is 0 Å². The molecule has 5 nitrogen and oxygen atoms in total. The van der Waals surface area contributed by atoms with Crippen LogP contribution in [0.4, 0.5) is 0 Å². The van der Waals surface area contributed by atoms with Crippen LogP contribution in [0, 0.1) is 11.8 Å². The Hall–Kier alpha value is -2.01. The first kappa shape index (κ1) is 16.2. The van der Waals surface area contributed by atoms with Crippen LogP contribution in [-0.4, -0.2) is 57.9 Å². The van der Waals surface area contributed by atoms with Crippen molar-refractivity contribution in [1.29, 1.82) is 0 Å². The summed E-state index contributed by atoms with van der Waals surface area (Å²) in [5.41, 5.74) is 2.22. The van der Waals surface area contributed by atoms with Gasteiger partial charge in [-0.05, 0) is 49.7 Å². The second-order valence-corrected chi connectivity index (χ2v) is 8.29. The second-order valence-electron chi connectivity index (χ2n) is 8.29. The van der Waals surface area contributed by atoms with Crippen molar-refractivity contribution in [3.63, 3.8) is 0 Å². The van der Waals surface area contributed by atoms with Crippen molar-refractivity contribution < 1.29 is 4.79 Å².